The molecule has 2 rings (SSSR count). The molecule has 3 heteroatoms. The Bertz CT molecular complexity index is 346. The molecule has 2 N–H and O–H groups in total. The molecule has 0 atom stereocenters. The minimum Gasteiger partial charge on any atom is -0.494 e. The smallest absolute Gasteiger partial charge is 0.119 e. The molecule has 0 spiro atoms. The number of ether oxygens (including phenoxy) is 1. The van der Waals surface area contributed by atoms with Crippen molar-refractivity contribution in [2.45, 2.75) is 38.3 Å². The summed E-state index contributed by atoms with van der Waals surface area (Å²) in [5.41, 5.74) is 6.70. The van der Waals surface area contributed by atoms with Crippen LogP contribution in [0.25, 0.3) is 0 Å². The van der Waals surface area contributed by atoms with Gasteiger partial charge in [-0.25, -0.2) is 0 Å². The zero-order valence-corrected chi connectivity index (χ0v) is 11.3. The summed E-state index contributed by atoms with van der Waals surface area (Å²) in [6.07, 6.45) is 5.24. The lowest BCUT2D eigenvalue weighted by atomic mass is 9.92. The number of hydrogen-bond donors (Lipinski definition) is 1. The summed E-state index contributed by atoms with van der Waals surface area (Å²) >= 11 is 0. The first-order valence-electron chi connectivity index (χ1n) is 6.91. The van der Waals surface area contributed by atoms with Gasteiger partial charge in [0.1, 0.15) is 5.75 Å². The Labute approximate surface area is 110 Å². The van der Waals surface area contributed by atoms with E-state index in [-0.39, 0.29) is 0 Å². The molecule has 0 heterocycles. The fourth-order valence-electron chi connectivity index (χ4n) is 2.24. The molecule has 0 aromatic heterocycles. The van der Waals surface area contributed by atoms with Crippen LogP contribution in [0.1, 0.15) is 31.2 Å². The van der Waals surface area contributed by atoms with Crippen molar-refractivity contribution < 1.29 is 4.74 Å². The van der Waals surface area contributed by atoms with Gasteiger partial charge in [-0.2, -0.15) is 0 Å². The highest BCUT2D eigenvalue weighted by molar-refractivity contribution is 5.26. The van der Waals surface area contributed by atoms with Crippen LogP contribution in [0.2, 0.25) is 0 Å². The van der Waals surface area contributed by atoms with Crippen molar-refractivity contribution in [3.8, 4) is 5.75 Å². The molecule has 1 aromatic rings. The monoisotopic (exact) mass is 248 g/mol. The average molecular weight is 248 g/mol. The minimum absolute atomic E-state index is 0.590. The van der Waals surface area contributed by atoms with Crippen LogP contribution in [0.15, 0.2) is 24.3 Å². The maximum absolute atomic E-state index is 5.72. The van der Waals surface area contributed by atoms with Crippen molar-refractivity contribution in [3.05, 3.63) is 29.8 Å². The first kappa shape index (κ1) is 13.4. The summed E-state index contributed by atoms with van der Waals surface area (Å²) in [5, 5.41) is 0. The average Bonchev–Trinajstić information content (AvgIpc) is 2.33. The third-order valence-corrected chi connectivity index (χ3v) is 3.78. The summed E-state index contributed by atoms with van der Waals surface area (Å²) < 4.78 is 5.72. The Hall–Kier alpha value is -1.06. The van der Waals surface area contributed by atoms with Gasteiger partial charge in [-0.05, 0) is 44.0 Å². The molecule has 1 fully saturated rings. The predicted molar refractivity (Wildman–Crippen MR) is 74.7 cm³/mol. The van der Waals surface area contributed by atoms with Crippen LogP contribution in [0, 0.1) is 0 Å². The van der Waals surface area contributed by atoms with Gasteiger partial charge in [-0.1, -0.05) is 18.6 Å². The molecule has 1 saturated carbocycles. The molecular formula is C15H24N2O. The van der Waals surface area contributed by atoms with Crippen LogP contribution < -0.4 is 10.5 Å². The van der Waals surface area contributed by atoms with Gasteiger partial charge in [-0.3, -0.25) is 0 Å². The van der Waals surface area contributed by atoms with Gasteiger partial charge >= 0.3 is 0 Å². The normalized spacial score (nSPS) is 15.7. The van der Waals surface area contributed by atoms with Crippen molar-refractivity contribution in [1.29, 1.82) is 0 Å². The third kappa shape index (κ3) is 3.72. The van der Waals surface area contributed by atoms with E-state index in [1.165, 1.54) is 19.3 Å². The first-order chi connectivity index (χ1) is 8.79. The van der Waals surface area contributed by atoms with Gasteiger partial charge in [-0.15, -0.1) is 0 Å². The molecular weight excluding hydrogens is 224 g/mol. The molecule has 18 heavy (non-hydrogen) atoms. The molecule has 1 aliphatic carbocycles. The number of hydrogen-bond acceptors (Lipinski definition) is 3. The van der Waals surface area contributed by atoms with Crippen molar-refractivity contribution in [2.75, 3.05) is 20.2 Å². The molecule has 0 radical (unpaired) electrons. The Morgan fingerprint density at radius 2 is 2.00 bits per heavy atom. The van der Waals surface area contributed by atoms with E-state index in [1.807, 2.05) is 24.3 Å². The molecule has 3 nitrogen and oxygen atoms in total. The van der Waals surface area contributed by atoms with Gasteiger partial charge in [0.15, 0.2) is 0 Å². The second kappa shape index (κ2) is 6.76. The van der Waals surface area contributed by atoms with E-state index in [2.05, 4.69) is 11.9 Å². The van der Waals surface area contributed by atoms with Crippen LogP contribution in [-0.4, -0.2) is 31.1 Å². The van der Waals surface area contributed by atoms with Crippen molar-refractivity contribution in [3.63, 3.8) is 0 Å². The zero-order chi connectivity index (χ0) is 12.8. The lowest BCUT2D eigenvalue weighted by Gasteiger charge is -2.34. The highest BCUT2D eigenvalue weighted by atomic mass is 16.5. The Kier molecular flexibility index (Phi) is 5.02. The van der Waals surface area contributed by atoms with Crippen LogP contribution in [0.3, 0.4) is 0 Å². The standard InChI is InChI=1S/C15H24N2O/c1-17(14-4-2-5-14)10-3-11-18-15-8-6-13(12-16)7-9-15/h6-9,14H,2-5,10-12,16H2,1H3. The van der Waals surface area contributed by atoms with Crippen molar-refractivity contribution in [1.82, 2.24) is 4.90 Å². The lowest BCUT2D eigenvalue weighted by molar-refractivity contribution is 0.149. The highest BCUT2D eigenvalue weighted by Gasteiger charge is 2.21. The molecule has 0 saturated heterocycles. The van der Waals surface area contributed by atoms with E-state index in [1.54, 1.807) is 0 Å². The van der Waals surface area contributed by atoms with Crippen molar-refractivity contribution >= 4 is 0 Å². The zero-order valence-electron chi connectivity index (χ0n) is 11.3. The number of benzene rings is 1. The summed E-state index contributed by atoms with van der Waals surface area (Å²) in [7, 11) is 2.22. The molecule has 1 aromatic carbocycles. The predicted octanol–water partition coefficient (Wildman–Crippen LogP) is 2.40. The fourth-order valence-corrected chi connectivity index (χ4v) is 2.24. The lowest BCUT2D eigenvalue weighted by Crippen LogP contribution is -2.38. The van der Waals surface area contributed by atoms with Crippen LogP contribution in [-0.2, 0) is 6.54 Å². The second-order valence-electron chi connectivity index (χ2n) is 5.12. The fraction of sp³-hybridized carbons (Fsp3) is 0.600. The molecule has 0 aliphatic heterocycles. The van der Waals surface area contributed by atoms with E-state index in [4.69, 9.17) is 10.5 Å². The highest BCUT2D eigenvalue weighted by Crippen LogP contribution is 2.23. The number of nitrogens with two attached hydrogens (primary N) is 1. The minimum atomic E-state index is 0.590. The quantitative estimate of drug-likeness (QED) is 0.753. The van der Waals surface area contributed by atoms with E-state index in [0.29, 0.717) is 6.54 Å². The largest absolute Gasteiger partial charge is 0.494 e. The van der Waals surface area contributed by atoms with Gasteiger partial charge < -0.3 is 15.4 Å². The number of rotatable bonds is 7. The maximum Gasteiger partial charge on any atom is 0.119 e. The van der Waals surface area contributed by atoms with E-state index >= 15 is 0 Å². The SMILES string of the molecule is CN(CCCOc1ccc(CN)cc1)C1CCC1. The van der Waals surface area contributed by atoms with Gasteiger partial charge in [0.2, 0.25) is 0 Å². The van der Waals surface area contributed by atoms with E-state index in [9.17, 15) is 0 Å². The molecule has 0 unspecified atom stereocenters. The molecule has 0 bridgehead atoms. The summed E-state index contributed by atoms with van der Waals surface area (Å²) in [6.45, 7) is 2.51. The van der Waals surface area contributed by atoms with Gasteiger partial charge in [0.05, 0.1) is 6.61 Å². The van der Waals surface area contributed by atoms with E-state index in [0.717, 1.165) is 36.9 Å². The third-order valence-electron chi connectivity index (χ3n) is 3.78. The maximum atomic E-state index is 5.72. The summed E-state index contributed by atoms with van der Waals surface area (Å²) in [5.74, 6) is 0.943. The van der Waals surface area contributed by atoms with Crippen LogP contribution >= 0.6 is 0 Å². The molecule has 0 amide bonds. The molecule has 1 aliphatic rings. The van der Waals surface area contributed by atoms with Crippen molar-refractivity contribution in [2.24, 2.45) is 5.73 Å². The summed E-state index contributed by atoms with van der Waals surface area (Å²) in [6, 6.07) is 8.87. The van der Waals surface area contributed by atoms with E-state index < -0.39 is 0 Å². The molecule has 100 valence electrons. The van der Waals surface area contributed by atoms with Crippen LogP contribution in [0.4, 0.5) is 0 Å². The van der Waals surface area contributed by atoms with Crippen LogP contribution in [0.5, 0.6) is 5.75 Å². The first-order valence-corrected chi connectivity index (χ1v) is 6.91. The Balaban J connectivity index is 1.62. The number of nitrogens with zero attached hydrogens (tertiary/aromatic N) is 1. The summed E-state index contributed by atoms with van der Waals surface area (Å²) in [4.78, 5) is 2.46. The topological polar surface area (TPSA) is 38.5 Å². The van der Waals surface area contributed by atoms with Gasteiger partial charge in [0.25, 0.3) is 0 Å². The Morgan fingerprint density at radius 1 is 1.28 bits per heavy atom. The Morgan fingerprint density at radius 3 is 2.56 bits per heavy atom. The second-order valence-corrected chi connectivity index (χ2v) is 5.12. The van der Waals surface area contributed by atoms with Gasteiger partial charge in [0, 0.05) is 19.1 Å².